The fourth-order valence-corrected chi connectivity index (χ4v) is 3.54. The van der Waals surface area contributed by atoms with E-state index in [2.05, 4.69) is 22.4 Å². The third-order valence-corrected chi connectivity index (χ3v) is 4.72. The molecule has 3 nitrogen and oxygen atoms in total. The number of rotatable bonds is 3. The van der Waals surface area contributed by atoms with E-state index in [-0.39, 0.29) is 42.4 Å². The Kier molecular flexibility index (Phi) is 6.54. The number of aromatic nitrogens is 1. The number of hydrogen-bond acceptors (Lipinski definition) is 3. The summed E-state index contributed by atoms with van der Waals surface area (Å²) in [6, 6.07) is 18.1. The molecule has 0 unspecified atom stereocenters. The number of nitrogens with one attached hydrogen (secondary N) is 1. The molecule has 25 heavy (non-hydrogen) atoms. The SMILES string of the molecule is Cl.Cl.O=C(c1cccc2cnccc12)[C@@H]1CNC[C@H]1c1ccccc1. The van der Waals surface area contributed by atoms with Crippen molar-refractivity contribution in [1.82, 2.24) is 10.3 Å². The Bertz CT molecular complexity index is 849. The zero-order valence-electron chi connectivity index (χ0n) is 13.6. The third-order valence-electron chi connectivity index (χ3n) is 4.72. The van der Waals surface area contributed by atoms with Crippen LogP contribution in [0.2, 0.25) is 0 Å². The second kappa shape index (κ2) is 8.43. The summed E-state index contributed by atoms with van der Waals surface area (Å²) in [7, 11) is 0. The van der Waals surface area contributed by atoms with Gasteiger partial charge in [0.05, 0.1) is 0 Å². The van der Waals surface area contributed by atoms with E-state index in [4.69, 9.17) is 0 Å². The van der Waals surface area contributed by atoms with Crippen LogP contribution in [0.3, 0.4) is 0 Å². The second-order valence-corrected chi connectivity index (χ2v) is 6.05. The maximum absolute atomic E-state index is 13.2. The lowest BCUT2D eigenvalue weighted by molar-refractivity contribution is 0.0922. The van der Waals surface area contributed by atoms with E-state index in [0.29, 0.717) is 0 Å². The van der Waals surface area contributed by atoms with Crippen molar-refractivity contribution in [1.29, 1.82) is 0 Å². The molecule has 1 saturated heterocycles. The Morgan fingerprint density at radius 2 is 1.76 bits per heavy atom. The molecule has 1 fully saturated rings. The quantitative estimate of drug-likeness (QED) is 0.696. The van der Waals surface area contributed by atoms with Gasteiger partial charge >= 0.3 is 0 Å². The highest BCUT2D eigenvalue weighted by Crippen LogP contribution is 2.32. The minimum atomic E-state index is -0.0174. The van der Waals surface area contributed by atoms with Gasteiger partial charge in [0.1, 0.15) is 0 Å². The first-order valence-electron chi connectivity index (χ1n) is 7.97. The van der Waals surface area contributed by atoms with E-state index in [1.807, 2.05) is 48.7 Å². The molecule has 0 bridgehead atoms. The summed E-state index contributed by atoms with van der Waals surface area (Å²) < 4.78 is 0. The van der Waals surface area contributed by atoms with E-state index < -0.39 is 0 Å². The summed E-state index contributed by atoms with van der Waals surface area (Å²) in [5.41, 5.74) is 2.04. The van der Waals surface area contributed by atoms with Gasteiger partial charge in [0, 0.05) is 48.3 Å². The van der Waals surface area contributed by atoms with Crippen LogP contribution in [0.5, 0.6) is 0 Å². The van der Waals surface area contributed by atoms with Crippen LogP contribution in [0.15, 0.2) is 67.0 Å². The van der Waals surface area contributed by atoms with Crippen molar-refractivity contribution in [2.75, 3.05) is 13.1 Å². The number of ketones is 1. The molecular formula is C20H20Cl2N2O. The lowest BCUT2D eigenvalue weighted by Gasteiger charge is -2.18. The van der Waals surface area contributed by atoms with Gasteiger partial charge < -0.3 is 5.32 Å². The Labute approximate surface area is 159 Å². The van der Waals surface area contributed by atoms with Gasteiger partial charge in [-0.05, 0) is 17.0 Å². The van der Waals surface area contributed by atoms with Crippen molar-refractivity contribution < 1.29 is 4.79 Å². The molecule has 5 heteroatoms. The van der Waals surface area contributed by atoms with Crippen molar-refractivity contribution in [3.63, 3.8) is 0 Å². The molecule has 130 valence electrons. The summed E-state index contributed by atoms with van der Waals surface area (Å²) in [6.07, 6.45) is 3.56. The molecule has 1 N–H and O–H groups in total. The third kappa shape index (κ3) is 3.69. The summed E-state index contributed by atoms with van der Waals surface area (Å²) in [4.78, 5) is 17.3. The molecule has 0 spiro atoms. The summed E-state index contributed by atoms with van der Waals surface area (Å²) in [6.45, 7) is 1.59. The number of Topliss-reactive ketones (excluding diaryl/α,β-unsaturated/α-hetero) is 1. The summed E-state index contributed by atoms with van der Waals surface area (Å²) in [5, 5.41) is 5.39. The molecule has 1 aliphatic heterocycles. The van der Waals surface area contributed by atoms with Crippen molar-refractivity contribution in [3.05, 3.63) is 78.1 Å². The lowest BCUT2D eigenvalue weighted by Crippen LogP contribution is -2.22. The van der Waals surface area contributed by atoms with Gasteiger partial charge in [0.15, 0.2) is 5.78 Å². The Hall–Kier alpha value is -1.94. The fraction of sp³-hybridized carbons (Fsp3) is 0.200. The average Bonchev–Trinajstić information content (AvgIpc) is 3.11. The molecule has 2 aromatic carbocycles. The minimum Gasteiger partial charge on any atom is -0.315 e. The van der Waals surface area contributed by atoms with E-state index in [1.54, 1.807) is 6.20 Å². The molecule has 2 atom stereocenters. The van der Waals surface area contributed by atoms with Crippen molar-refractivity contribution in [2.45, 2.75) is 5.92 Å². The van der Waals surface area contributed by atoms with Crippen LogP contribution in [-0.2, 0) is 0 Å². The highest BCUT2D eigenvalue weighted by Gasteiger charge is 2.34. The van der Waals surface area contributed by atoms with Crippen LogP contribution in [0.4, 0.5) is 0 Å². The number of pyridine rings is 1. The first kappa shape index (κ1) is 19.4. The summed E-state index contributed by atoms with van der Waals surface area (Å²) in [5.74, 6) is 0.442. The zero-order chi connectivity index (χ0) is 15.6. The average molecular weight is 375 g/mol. The second-order valence-electron chi connectivity index (χ2n) is 6.05. The maximum Gasteiger partial charge on any atom is 0.168 e. The first-order valence-corrected chi connectivity index (χ1v) is 7.97. The van der Waals surface area contributed by atoms with Crippen LogP contribution in [-0.4, -0.2) is 23.9 Å². The Morgan fingerprint density at radius 1 is 0.960 bits per heavy atom. The van der Waals surface area contributed by atoms with Crippen LogP contribution >= 0.6 is 24.8 Å². The van der Waals surface area contributed by atoms with Gasteiger partial charge in [-0.3, -0.25) is 9.78 Å². The predicted octanol–water partition coefficient (Wildman–Crippen LogP) is 4.26. The maximum atomic E-state index is 13.2. The van der Waals surface area contributed by atoms with Crippen molar-refractivity contribution in [3.8, 4) is 0 Å². The van der Waals surface area contributed by atoms with Gasteiger partial charge in [-0.2, -0.15) is 0 Å². The molecule has 2 heterocycles. The Morgan fingerprint density at radius 3 is 2.56 bits per heavy atom. The molecule has 0 saturated carbocycles. The van der Waals surface area contributed by atoms with Crippen LogP contribution in [0, 0.1) is 5.92 Å². The number of halogens is 2. The van der Waals surface area contributed by atoms with Crippen LogP contribution in [0.25, 0.3) is 10.8 Å². The van der Waals surface area contributed by atoms with Gasteiger partial charge in [0.2, 0.25) is 0 Å². The lowest BCUT2D eigenvalue weighted by atomic mass is 9.83. The highest BCUT2D eigenvalue weighted by molar-refractivity contribution is 6.09. The van der Waals surface area contributed by atoms with E-state index in [1.165, 1.54) is 5.56 Å². The molecule has 0 amide bonds. The molecule has 1 aliphatic rings. The largest absolute Gasteiger partial charge is 0.315 e. The zero-order valence-corrected chi connectivity index (χ0v) is 15.2. The van der Waals surface area contributed by atoms with Crippen molar-refractivity contribution in [2.24, 2.45) is 5.92 Å². The van der Waals surface area contributed by atoms with E-state index in [0.717, 1.165) is 29.4 Å². The molecule has 1 aromatic heterocycles. The number of hydrogen-bond donors (Lipinski definition) is 1. The first-order chi connectivity index (χ1) is 11.3. The number of fused-ring (bicyclic) bond motifs is 1. The predicted molar refractivity (Wildman–Crippen MR) is 106 cm³/mol. The van der Waals surface area contributed by atoms with Crippen molar-refractivity contribution >= 4 is 41.4 Å². The standard InChI is InChI=1S/C20H18N2O.2ClH/c23-20(17-8-4-7-15-11-21-10-9-16(15)17)19-13-22-12-18(19)14-5-2-1-3-6-14;;/h1-11,18-19,22H,12-13H2;2*1H/t18-,19+;;/m0../s1. The molecular weight excluding hydrogens is 355 g/mol. The summed E-state index contributed by atoms with van der Waals surface area (Å²) >= 11 is 0. The topological polar surface area (TPSA) is 42.0 Å². The monoisotopic (exact) mass is 374 g/mol. The van der Waals surface area contributed by atoms with Gasteiger partial charge in [0.25, 0.3) is 0 Å². The number of benzene rings is 2. The highest BCUT2D eigenvalue weighted by atomic mass is 35.5. The normalized spacial score (nSPS) is 19.0. The molecule has 3 aromatic rings. The molecule has 4 rings (SSSR count). The number of nitrogens with zero attached hydrogens (tertiary/aromatic N) is 1. The van der Waals surface area contributed by atoms with E-state index >= 15 is 0 Å². The van der Waals surface area contributed by atoms with Gasteiger partial charge in [-0.1, -0.05) is 48.5 Å². The van der Waals surface area contributed by atoms with Gasteiger partial charge in [-0.15, -0.1) is 24.8 Å². The molecule has 0 aliphatic carbocycles. The van der Waals surface area contributed by atoms with Crippen LogP contribution in [0.1, 0.15) is 21.8 Å². The van der Waals surface area contributed by atoms with Gasteiger partial charge in [-0.25, -0.2) is 0 Å². The van der Waals surface area contributed by atoms with E-state index in [9.17, 15) is 4.79 Å². The fourth-order valence-electron chi connectivity index (χ4n) is 3.54. The number of carbonyl (C=O) groups is 1. The Balaban J connectivity index is 0.00000113. The number of carbonyl (C=O) groups excluding carboxylic acids is 1. The molecule has 0 radical (unpaired) electrons. The minimum absolute atomic E-state index is 0. The van der Waals surface area contributed by atoms with Crippen LogP contribution < -0.4 is 5.32 Å². The smallest absolute Gasteiger partial charge is 0.168 e.